The molecule has 1 aromatic heterocycles. The summed E-state index contributed by atoms with van der Waals surface area (Å²) in [6, 6.07) is 0.299. The van der Waals surface area contributed by atoms with E-state index in [1.54, 1.807) is 0 Å². The molecule has 0 amide bonds. The van der Waals surface area contributed by atoms with Gasteiger partial charge in [-0.2, -0.15) is 16.7 Å². The van der Waals surface area contributed by atoms with Gasteiger partial charge in [-0.1, -0.05) is 12.1 Å². The normalized spacial score (nSPS) is 25.8. The van der Waals surface area contributed by atoms with Crippen LogP contribution in [0.15, 0.2) is 4.52 Å². The number of nitrogens with two attached hydrogens (primary N) is 1. The molecule has 5 nitrogen and oxygen atoms in total. The molecule has 0 radical (unpaired) electrons. The Morgan fingerprint density at radius 2 is 2.29 bits per heavy atom. The molecule has 96 valence electrons. The first-order chi connectivity index (χ1) is 8.09. The predicted octanol–water partition coefficient (Wildman–Crippen LogP) is 1.24. The highest BCUT2D eigenvalue weighted by Crippen LogP contribution is 2.27. The fraction of sp³-hybridized carbons (Fsp3) is 0.818. The molecule has 1 fully saturated rings. The zero-order valence-corrected chi connectivity index (χ0v) is 11.4. The van der Waals surface area contributed by atoms with Gasteiger partial charge in [0.2, 0.25) is 5.89 Å². The molecule has 1 saturated heterocycles. The third-order valence-electron chi connectivity index (χ3n) is 3.33. The minimum atomic E-state index is 0.0294. The molecule has 0 aromatic carbocycles. The second kappa shape index (κ2) is 5.37. The number of thioether (sulfide) groups is 1. The Morgan fingerprint density at radius 1 is 1.53 bits per heavy atom. The summed E-state index contributed by atoms with van der Waals surface area (Å²) in [4.78, 5) is 6.77. The van der Waals surface area contributed by atoms with Gasteiger partial charge in [-0.25, -0.2) is 0 Å². The van der Waals surface area contributed by atoms with Crippen molar-refractivity contribution in [3.8, 4) is 0 Å². The standard InChI is InChI=1S/C11H20N4OS/c1-7(8(2)12)11-13-10(14-16-11)9-6-17-5-4-15(9)3/h7-9H,4-6,12H2,1-3H3. The lowest BCUT2D eigenvalue weighted by atomic mass is 10.1. The maximum absolute atomic E-state index is 5.84. The molecule has 3 atom stereocenters. The van der Waals surface area contributed by atoms with Gasteiger partial charge in [0.15, 0.2) is 5.82 Å². The van der Waals surface area contributed by atoms with E-state index < -0.39 is 0 Å². The number of hydrogen-bond acceptors (Lipinski definition) is 6. The van der Waals surface area contributed by atoms with Crippen LogP contribution < -0.4 is 5.73 Å². The molecular formula is C11H20N4OS. The lowest BCUT2D eigenvalue weighted by molar-refractivity contribution is 0.255. The molecule has 0 aliphatic carbocycles. The molecule has 1 aliphatic rings. The predicted molar refractivity (Wildman–Crippen MR) is 69.1 cm³/mol. The molecular weight excluding hydrogens is 236 g/mol. The van der Waals surface area contributed by atoms with Crippen LogP contribution >= 0.6 is 11.8 Å². The van der Waals surface area contributed by atoms with Crippen molar-refractivity contribution in [1.82, 2.24) is 15.0 Å². The molecule has 6 heteroatoms. The molecule has 0 saturated carbocycles. The van der Waals surface area contributed by atoms with E-state index in [1.807, 2.05) is 25.6 Å². The summed E-state index contributed by atoms with van der Waals surface area (Å²) in [5, 5.41) is 4.10. The Labute approximate surface area is 106 Å². The highest BCUT2D eigenvalue weighted by Gasteiger charge is 2.27. The van der Waals surface area contributed by atoms with Gasteiger partial charge in [-0.15, -0.1) is 0 Å². The first kappa shape index (κ1) is 12.9. The van der Waals surface area contributed by atoms with Gasteiger partial charge >= 0.3 is 0 Å². The minimum Gasteiger partial charge on any atom is -0.339 e. The summed E-state index contributed by atoms with van der Waals surface area (Å²) in [5.41, 5.74) is 5.84. The third kappa shape index (κ3) is 2.81. The molecule has 0 bridgehead atoms. The molecule has 2 heterocycles. The van der Waals surface area contributed by atoms with Crippen LogP contribution in [-0.4, -0.2) is 46.2 Å². The number of hydrogen-bond donors (Lipinski definition) is 1. The Balaban J connectivity index is 2.12. The first-order valence-corrected chi connectivity index (χ1v) is 7.12. The van der Waals surface area contributed by atoms with Gasteiger partial charge in [0, 0.05) is 24.1 Å². The van der Waals surface area contributed by atoms with E-state index in [4.69, 9.17) is 10.3 Å². The van der Waals surface area contributed by atoms with Crippen LogP contribution in [0.4, 0.5) is 0 Å². The number of rotatable bonds is 3. The van der Waals surface area contributed by atoms with Crippen LogP contribution in [0.25, 0.3) is 0 Å². The van der Waals surface area contributed by atoms with Crippen LogP contribution in [0.5, 0.6) is 0 Å². The maximum atomic E-state index is 5.84. The summed E-state index contributed by atoms with van der Waals surface area (Å²) >= 11 is 1.94. The van der Waals surface area contributed by atoms with E-state index in [0.29, 0.717) is 5.89 Å². The molecule has 1 aliphatic heterocycles. The lowest BCUT2D eigenvalue weighted by Gasteiger charge is -2.29. The molecule has 0 spiro atoms. The minimum absolute atomic E-state index is 0.0294. The van der Waals surface area contributed by atoms with E-state index in [9.17, 15) is 0 Å². The van der Waals surface area contributed by atoms with Crippen LogP contribution in [0.3, 0.4) is 0 Å². The average Bonchev–Trinajstić information content (AvgIpc) is 2.77. The number of aromatic nitrogens is 2. The highest BCUT2D eigenvalue weighted by atomic mass is 32.2. The Kier molecular flexibility index (Phi) is 4.06. The summed E-state index contributed by atoms with van der Waals surface area (Å²) in [5.74, 6) is 3.76. The lowest BCUT2D eigenvalue weighted by Crippen LogP contribution is -2.33. The molecule has 2 rings (SSSR count). The van der Waals surface area contributed by atoms with Crippen LogP contribution in [0, 0.1) is 0 Å². The van der Waals surface area contributed by atoms with E-state index >= 15 is 0 Å². The smallest absolute Gasteiger partial charge is 0.231 e. The van der Waals surface area contributed by atoms with E-state index in [2.05, 4.69) is 22.1 Å². The Hall–Kier alpha value is -0.590. The van der Waals surface area contributed by atoms with Crippen molar-refractivity contribution in [3.63, 3.8) is 0 Å². The molecule has 1 aromatic rings. The van der Waals surface area contributed by atoms with Crippen LogP contribution in [-0.2, 0) is 0 Å². The number of nitrogens with zero attached hydrogens (tertiary/aromatic N) is 3. The quantitative estimate of drug-likeness (QED) is 0.877. The molecule has 3 unspecified atom stereocenters. The largest absolute Gasteiger partial charge is 0.339 e. The van der Waals surface area contributed by atoms with E-state index in [0.717, 1.165) is 18.1 Å². The topological polar surface area (TPSA) is 68.2 Å². The highest BCUT2D eigenvalue weighted by molar-refractivity contribution is 7.99. The monoisotopic (exact) mass is 256 g/mol. The van der Waals surface area contributed by atoms with Gasteiger partial charge in [-0.05, 0) is 14.0 Å². The van der Waals surface area contributed by atoms with Crippen molar-refractivity contribution in [1.29, 1.82) is 0 Å². The van der Waals surface area contributed by atoms with Crippen molar-refractivity contribution < 1.29 is 4.52 Å². The van der Waals surface area contributed by atoms with Crippen molar-refractivity contribution in [3.05, 3.63) is 11.7 Å². The van der Waals surface area contributed by atoms with Crippen molar-refractivity contribution in [2.75, 3.05) is 25.1 Å². The van der Waals surface area contributed by atoms with Gasteiger partial charge in [0.25, 0.3) is 0 Å². The summed E-state index contributed by atoms with van der Waals surface area (Å²) in [7, 11) is 2.11. The second-order valence-corrected chi connectivity index (χ2v) is 5.86. The van der Waals surface area contributed by atoms with Gasteiger partial charge in [0.1, 0.15) is 0 Å². The average molecular weight is 256 g/mol. The maximum Gasteiger partial charge on any atom is 0.231 e. The van der Waals surface area contributed by atoms with Crippen molar-refractivity contribution >= 4 is 11.8 Å². The summed E-state index contributed by atoms with van der Waals surface area (Å²) < 4.78 is 5.31. The van der Waals surface area contributed by atoms with Crippen LogP contribution in [0.1, 0.15) is 37.5 Å². The van der Waals surface area contributed by atoms with Crippen molar-refractivity contribution in [2.45, 2.75) is 31.8 Å². The molecule has 17 heavy (non-hydrogen) atoms. The van der Waals surface area contributed by atoms with Gasteiger partial charge in [-0.3, -0.25) is 4.90 Å². The Morgan fingerprint density at radius 3 is 2.94 bits per heavy atom. The van der Waals surface area contributed by atoms with E-state index in [-0.39, 0.29) is 18.0 Å². The van der Waals surface area contributed by atoms with Gasteiger partial charge < -0.3 is 10.3 Å². The SMILES string of the molecule is CC(N)C(C)c1nc(C2CSCCN2C)no1. The second-order valence-electron chi connectivity index (χ2n) is 4.71. The first-order valence-electron chi connectivity index (χ1n) is 5.96. The Bertz CT molecular complexity index is 368. The zero-order chi connectivity index (χ0) is 12.4. The fourth-order valence-electron chi connectivity index (χ4n) is 1.75. The van der Waals surface area contributed by atoms with E-state index in [1.165, 1.54) is 5.75 Å². The van der Waals surface area contributed by atoms with Gasteiger partial charge in [0.05, 0.1) is 12.0 Å². The summed E-state index contributed by atoms with van der Waals surface area (Å²) in [6.45, 7) is 5.04. The van der Waals surface area contributed by atoms with Crippen molar-refractivity contribution in [2.24, 2.45) is 5.73 Å². The molecule has 2 N–H and O–H groups in total. The van der Waals surface area contributed by atoms with Crippen LogP contribution in [0.2, 0.25) is 0 Å². The zero-order valence-electron chi connectivity index (χ0n) is 10.6. The third-order valence-corrected chi connectivity index (χ3v) is 4.35. The summed E-state index contributed by atoms with van der Waals surface area (Å²) in [6.07, 6.45) is 0. The fourth-order valence-corrected chi connectivity index (χ4v) is 2.96.